The first-order chi connectivity index (χ1) is 8.06. The number of sulfonamides is 1. The van der Waals surface area contributed by atoms with Gasteiger partial charge in [-0.3, -0.25) is 0 Å². The molecule has 6 nitrogen and oxygen atoms in total. The maximum absolute atomic E-state index is 11.0. The molecule has 0 aromatic carbocycles. The molecule has 1 aromatic rings. The summed E-state index contributed by atoms with van der Waals surface area (Å²) in [5, 5.41) is 7.86. The van der Waals surface area contributed by atoms with Crippen molar-refractivity contribution in [1.82, 2.24) is 19.5 Å². The van der Waals surface area contributed by atoms with Crippen molar-refractivity contribution >= 4 is 10.0 Å². The summed E-state index contributed by atoms with van der Waals surface area (Å²) in [7, 11) is -3.18. The van der Waals surface area contributed by atoms with E-state index in [1.807, 2.05) is 4.57 Å². The Balaban J connectivity index is 2.05. The third-order valence-corrected chi connectivity index (χ3v) is 3.78. The molecule has 17 heavy (non-hydrogen) atoms. The standard InChI is InChI=1S/C10H18N4O2S/c1-17(15,16)12-7-10-13-11-8-14(10)9-5-3-2-4-6-9/h8-9,12H,2-7H2,1H3. The van der Waals surface area contributed by atoms with E-state index in [9.17, 15) is 8.42 Å². The Kier molecular flexibility index (Phi) is 3.78. The molecule has 1 heterocycles. The monoisotopic (exact) mass is 258 g/mol. The van der Waals surface area contributed by atoms with Crippen LogP contribution < -0.4 is 4.72 Å². The second-order valence-corrected chi connectivity index (χ2v) is 6.37. The molecule has 1 aliphatic carbocycles. The minimum absolute atomic E-state index is 0.218. The first kappa shape index (κ1) is 12.5. The van der Waals surface area contributed by atoms with Gasteiger partial charge in [0.25, 0.3) is 0 Å². The number of hydrogen-bond donors (Lipinski definition) is 1. The Labute approximate surface area is 101 Å². The van der Waals surface area contributed by atoms with Crippen molar-refractivity contribution < 1.29 is 8.42 Å². The van der Waals surface area contributed by atoms with Crippen molar-refractivity contribution in [2.45, 2.75) is 44.7 Å². The van der Waals surface area contributed by atoms with Crippen LogP contribution in [0.2, 0.25) is 0 Å². The van der Waals surface area contributed by atoms with Crippen molar-refractivity contribution in [2.75, 3.05) is 6.26 Å². The van der Waals surface area contributed by atoms with Crippen LogP contribution in [0.3, 0.4) is 0 Å². The van der Waals surface area contributed by atoms with Crippen LogP contribution in [0, 0.1) is 0 Å². The molecule has 0 amide bonds. The lowest BCUT2D eigenvalue weighted by atomic mass is 9.95. The molecule has 0 atom stereocenters. The van der Waals surface area contributed by atoms with Crippen LogP contribution in [-0.2, 0) is 16.6 Å². The van der Waals surface area contributed by atoms with E-state index in [2.05, 4.69) is 14.9 Å². The van der Waals surface area contributed by atoms with E-state index < -0.39 is 10.0 Å². The van der Waals surface area contributed by atoms with E-state index in [1.165, 1.54) is 19.3 Å². The molecule has 1 fully saturated rings. The van der Waals surface area contributed by atoms with Crippen LogP contribution in [-0.4, -0.2) is 29.4 Å². The zero-order chi connectivity index (χ0) is 12.3. The van der Waals surface area contributed by atoms with Crippen LogP contribution in [0.1, 0.15) is 44.0 Å². The molecule has 0 aliphatic heterocycles. The zero-order valence-corrected chi connectivity index (χ0v) is 10.8. The molecule has 1 aliphatic rings. The lowest BCUT2D eigenvalue weighted by molar-refractivity contribution is 0.344. The van der Waals surface area contributed by atoms with Crippen LogP contribution in [0.25, 0.3) is 0 Å². The first-order valence-electron chi connectivity index (χ1n) is 5.89. The minimum atomic E-state index is -3.18. The fourth-order valence-electron chi connectivity index (χ4n) is 2.25. The molecule has 1 saturated carbocycles. The van der Waals surface area contributed by atoms with Crippen molar-refractivity contribution in [3.05, 3.63) is 12.2 Å². The van der Waals surface area contributed by atoms with E-state index >= 15 is 0 Å². The third kappa shape index (κ3) is 3.50. The van der Waals surface area contributed by atoms with Gasteiger partial charge < -0.3 is 4.57 Å². The normalized spacial score (nSPS) is 18.4. The number of aromatic nitrogens is 3. The Morgan fingerprint density at radius 2 is 2.12 bits per heavy atom. The maximum Gasteiger partial charge on any atom is 0.209 e. The zero-order valence-electron chi connectivity index (χ0n) is 9.96. The van der Waals surface area contributed by atoms with Gasteiger partial charge in [0.2, 0.25) is 10.0 Å². The smallest absolute Gasteiger partial charge is 0.209 e. The van der Waals surface area contributed by atoms with Gasteiger partial charge in [0, 0.05) is 6.04 Å². The number of nitrogens with one attached hydrogen (secondary N) is 1. The molecular weight excluding hydrogens is 240 g/mol. The van der Waals surface area contributed by atoms with Crippen molar-refractivity contribution in [3.8, 4) is 0 Å². The van der Waals surface area contributed by atoms with E-state index in [-0.39, 0.29) is 6.54 Å². The predicted molar refractivity (Wildman–Crippen MR) is 63.8 cm³/mol. The molecule has 0 saturated heterocycles. The van der Waals surface area contributed by atoms with Gasteiger partial charge in [0.05, 0.1) is 12.8 Å². The third-order valence-electron chi connectivity index (χ3n) is 3.11. The van der Waals surface area contributed by atoms with Crippen molar-refractivity contribution in [1.29, 1.82) is 0 Å². The van der Waals surface area contributed by atoms with Crippen LogP contribution in [0.5, 0.6) is 0 Å². The van der Waals surface area contributed by atoms with Crippen LogP contribution in [0.15, 0.2) is 6.33 Å². The van der Waals surface area contributed by atoms with Crippen LogP contribution >= 0.6 is 0 Å². The van der Waals surface area contributed by atoms with Gasteiger partial charge in [-0.15, -0.1) is 10.2 Å². The topological polar surface area (TPSA) is 76.9 Å². The highest BCUT2D eigenvalue weighted by molar-refractivity contribution is 7.88. The van der Waals surface area contributed by atoms with Crippen LogP contribution in [0.4, 0.5) is 0 Å². The van der Waals surface area contributed by atoms with Crippen molar-refractivity contribution in [3.63, 3.8) is 0 Å². The summed E-state index contributed by atoms with van der Waals surface area (Å²) in [5.74, 6) is 0.697. The lowest BCUT2D eigenvalue weighted by Gasteiger charge is -2.23. The number of hydrogen-bond acceptors (Lipinski definition) is 4. The van der Waals surface area contributed by atoms with Gasteiger partial charge in [-0.25, -0.2) is 13.1 Å². The SMILES string of the molecule is CS(=O)(=O)NCc1nncn1C1CCCCC1. The second-order valence-electron chi connectivity index (χ2n) is 4.54. The fourth-order valence-corrected chi connectivity index (χ4v) is 2.64. The van der Waals surface area contributed by atoms with Gasteiger partial charge in [-0.1, -0.05) is 19.3 Å². The second kappa shape index (κ2) is 5.14. The Morgan fingerprint density at radius 3 is 2.76 bits per heavy atom. The van der Waals surface area contributed by atoms with Crippen molar-refractivity contribution in [2.24, 2.45) is 0 Å². The van der Waals surface area contributed by atoms with Gasteiger partial charge in [0.15, 0.2) is 0 Å². The largest absolute Gasteiger partial charge is 0.313 e. The summed E-state index contributed by atoms with van der Waals surface area (Å²) in [6, 6.07) is 0.426. The highest BCUT2D eigenvalue weighted by Crippen LogP contribution is 2.28. The highest BCUT2D eigenvalue weighted by atomic mass is 32.2. The summed E-state index contributed by atoms with van der Waals surface area (Å²) in [6.07, 6.45) is 8.84. The fraction of sp³-hybridized carbons (Fsp3) is 0.800. The van der Waals surface area contributed by atoms with E-state index in [0.717, 1.165) is 19.1 Å². The summed E-state index contributed by atoms with van der Waals surface area (Å²) < 4.78 is 26.6. The first-order valence-corrected chi connectivity index (χ1v) is 7.78. The Hall–Kier alpha value is -0.950. The molecular formula is C10H18N4O2S. The molecule has 1 aromatic heterocycles. The molecule has 0 unspecified atom stereocenters. The van der Waals surface area contributed by atoms with E-state index in [0.29, 0.717) is 11.9 Å². The Morgan fingerprint density at radius 1 is 1.41 bits per heavy atom. The quantitative estimate of drug-likeness (QED) is 0.868. The number of rotatable bonds is 4. The lowest BCUT2D eigenvalue weighted by Crippen LogP contribution is -2.25. The van der Waals surface area contributed by atoms with Gasteiger partial charge in [-0.2, -0.15) is 0 Å². The van der Waals surface area contributed by atoms with E-state index in [1.54, 1.807) is 6.33 Å². The molecule has 0 radical (unpaired) electrons. The van der Waals surface area contributed by atoms with Gasteiger partial charge >= 0.3 is 0 Å². The maximum atomic E-state index is 11.0. The minimum Gasteiger partial charge on any atom is -0.313 e. The Bertz CT molecular complexity index is 462. The van der Waals surface area contributed by atoms with E-state index in [4.69, 9.17) is 0 Å². The molecule has 96 valence electrons. The molecule has 0 spiro atoms. The summed E-state index contributed by atoms with van der Waals surface area (Å²) >= 11 is 0. The highest BCUT2D eigenvalue weighted by Gasteiger charge is 2.18. The average Bonchev–Trinajstić information content (AvgIpc) is 2.75. The average molecular weight is 258 g/mol. The molecule has 7 heteroatoms. The van der Waals surface area contributed by atoms with Gasteiger partial charge in [0.1, 0.15) is 12.2 Å². The summed E-state index contributed by atoms with van der Waals surface area (Å²) in [5.41, 5.74) is 0. The molecule has 1 N–H and O–H groups in total. The summed E-state index contributed by atoms with van der Waals surface area (Å²) in [6.45, 7) is 0.218. The summed E-state index contributed by atoms with van der Waals surface area (Å²) in [4.78, 5) is 0. The number of nitrogens with zero attached hydrogens (tertiary/aromatic N) is 3. The predicted octanol–water partition coefficient (Wildman–Crippen LogP) is 0.832. The molecule has 0 bridgehead atoms. The molecule has 2 rings (SSSR count). The van der Waals surface area contributed by atoms with Gasteiger partial charge in [-0.05, 0) is 12.8 Å².